The quantitative estimate of drug-likeness (QED) is 0.761. The van der Waals surface area contributed by atoms with Crippen LogP contribution in [0.1, 0.15) is 34.1 Å². The second-order valence-electron chi connectivity index (χ2n) is 6.75. The minimum atomic E-state index is -0.248. The molecule has 1 aliphatic carbocycles. The summed E-state index contributed by atoms with van der Waals surface area (Å²) in [6.45, 7) is 10.0. The van der Waals surface area contributed by atoms with Crippen molar-refractivity contribution in [3.05, 3.63) is 36.0 Å². The summed E-state index contributed by atoms with van der Waals surface area (Å²) in [7, 11) is 0. The first-order valence-electron chi connectivity index (χ1n) is 9.50. The summed E-state index contributed by atoms with van der Waals surface area (Å²) in [6.07, 6.45) is 1.33. The van der Waals surface area contributed by atoms with Gasteiger partial charge in [0.05, 0.1) is 30.1 Å². The lowest BCUT2D eigenvalue weighted by Crippen LogP contribution is -2.35. The Hall–Kier alpha value is -2.47. The average molecular weight is 371 g/mol. The van der Waals surface area contributed by atoms with Gasteiger partial charge < -0.3 is 14.9 Å². The van der Waals surface area contributed by atoms with Gasteiger partial charge in [0, 0.05) is 37.4 Å². The standard InChI is InChI=1S/C21H29N3O3/c1-5-23(11-12-25)19-14-20(26)18(13-21(19)27)22-16-7-9-17(10-8-16)24(6-2)15(3)4/h7-10,14-15,25H,5-6,11-13H2,1-4H3. The number of aliphatic imine (C=N–C) groups is 1. The van der Waals surface area contributed by atoms with E-state index in [4.69, 9.17) is 5.11 Å². The Morgan fingerprint density at radius 1 is 1.11 bits per heavy atom. The van der Waals surface area contributed by atoms with Gasteiger partial charge in [-0.05, 0) is 52.0 Å². The van der Waals surface area contributed by atoms with Gasteiger partial charge in [-0.3, -0.25) is 9.59 Å². The number of hydrogen-bond donors (Lipinski definition) is 1. The van der Waals surface area contributed by atoms with Crippen LogP contribution in [0.3, 0.4) is 0 Å². The van der Waals surface area contributed by atoms with Gasteiger partial charge in [-0.2, -0.15) is 0 Å². The Morgan fingerprint density at radius 3 is 2.30 bits per heavy atom. The zero-order valence-corrected chi connectivity index (χ0v) is 16.6. The summed E-state index contributed by atoms with van der Waals surface area (Å²) < 4.78 is 0. The number of hydrogen-bond acceptors (Lipinski definition) is 6. The third-order valence-electron chi connectivity index (χ3n) is 4.67. The van der Waals surface area contributed by atoms with E-state index in [9.17, 15) is 9.59 Å². The van der Waals surface area contributed by atoms with Crippen molar-refractivity contribution in [1.29, 1.82) is 0 Å². The maximum atomic E-state index is 12.4. The first-order chi connectivity index (χ1) is 12.9. The number of aliphatic hydroxyl groups is 1. The number of ketones is 2. The molecule has 0 heterocycles. The molecule has 6 nitrogen and oxygen atoms in total. The zero-order valence-electron chi connectivity index (χ0n) is 16.6. The molecule has 0 atom stereocenters. The fourth-order valence-electron chi connectivity index (χ4n) is 3.27. The lowest BCUT2D eigenvalue weighted by molar-refractivity contribution is -0.118. The molecule has 0 aromatic heterocycles. The zero-order chi connectivity index (χ0) is 20.0. The van der Waals surface area contributed by atoms with E-state index in [1.807, 2.05) is 31.2 Å². The van der Waals surface area contributed by atoms with Crippen LogP contribution in [0.2, 0.25) is 0 Å². The Kier molecular flexibility index (Phi) is 7.30. The van der Waals surface area contributed by atoms with E-state index in [2.05, 4.69) is 30.7 Å². The summed E-state index contributed by atoms with van der Waals surface area (Å²) in [5.41, 5.74) is 2.38. The molecule has 1 aromatic carbocycles. The minimum Gasteiger partial charge on any atom is -0.395 e. The molecule has 0 aliphatic heterocycles. The Labute approximate surface area is 161 Å². The molecule has 1 N–H and O–H groups in total. The van der Waals surface area contributed by atoms with Crippen LogP contribution in [0, 0.1) is 0 Å². The van der Waals surface area contributed by atoms with E-state index in [1.54, 1.807) is 4.90 Å². The van der Waals surface area contributed by atoms with Crippen molar-refractivity contribution < 1.29 is 14.7 Å². The van der Waals surface area contributed by atoms with E-state index in [0.717, 1.165) is 12.2 Å². The Bertz CT molecular complexity index is 736. The highest BCUT2D eigenvalue weighted by Crippen LogP contribution is 2.23. The number of carbonyl (C=O) groups excluding carboxylic acids is 2. The van der Waals surface area contributed by atoms with Crippen LogP contribution < -0.4 is 4.90 Å². The summed E-state index contributed by atoms with van der Waals surface area (Å²) in [5.74, 6) is -0.389. The van der Waals surface area contributed by atoms with Crippen LogP contribution in [0.4, 0.5) is 11.4 Å². The maximum Gasteiger partial charge on any atom is 0.202 e. The number of benzene rings is 1. The first kappa shape index (κ1) is 20.8. The van der Waals surface area contributed by atoms with Crippen molar-refractivity contribution in [2.24, 2.45) is 4.99 Å². The fraction of sp³-hybridized carbons (Fsp3) is 0.476. The minimum absolute atomic E-state index is 0.0125. The second kappa shape index (κ2) is 9.46. The summed E-state index contributed by atoms with van der Waals surface area (Å²) in [6, 6.07) is 8.11. The third kappa shape index (κ3) is 5.04. The third-order valence-corrected chi connectivity index (χ3v) is 4.67. The van der Waals surface area contributed by atoms with Crippen LogP contribution in [-0.4, -0.2) is 59.6 Å². The predicted molar refractivity (Wildman–Crippen MR) is 109 cm³/mol. The number of nitrogens with zero attached hydrogens (tertiary/aromatic N) is 3. The van der Waals surface area contributed by atoms with Crippen LogP contribution >= 0.6 is 0 Å². The van der Waals surface area contributed by atoms with Gasteiger partial charge in [0.2, 0.25) is 5.78 Å². The van der Waals surface area contributed by atoms with E-state index >= 15 is 0 Å². The van der Waals surface area contributed by atoms with Crippen molar-refractivity contribution in [1.82, 2.24) is 4.90 Å². The molecule has 146 valence electrons. The number of allylic oxidation sites excluding steroid dienone is 2. The first-order valence-corrected chi connectivity index (χ1v) is 9.50. The summed E-state index contributed by atoms with van der Waals surface area (Å²) in [4.78, 5) is 33.3. The molecule has 0 saturated heterocycles. The topological polar surface area (TPSA) is 73.2 Å². The van der Waals surface area contributed by atoms with Gasteiger partial charge in [0.25, 0.3) is 0 Å². The number of likely N-dealkylation sites (N-methyl/N-ethyl adjacent to an activating group) is 1. The SMILES string of the molecule is CCN(CCO)C1=CC(=O)C(=Nc2ccc(N(CC)C(C)C)cc2)CC1=O. The number of carbonyl (C=O) groups is 2. The lowest BCUT2D eigenvalue weighted by Gasteiger charge is -2.27. The van der Waals surface area contributed by atoms with Crippen molar-refractivity contribution in [3.8, 4) is 0 Å². The van der Waals surface area contributed by atoms with Gasteiger partial charge in [-0.15, -0.1) is 0 Å². The summed E-state index contributed by atoms with van der Waals surface area (Å²) in [5, 5.41) is 9.12. The number of rotatable bonds is 8. The molecule has 1 aromatic rings. The van der Waals surface area contributed by atoms with Crippen LogP contribution in [0.15, 0.2) is 41.0 Å². The molecule has 6 heteroatoms. The molecule has 0 amide bonds. The highest BCUT2D eigenvalue weighted by Gasteiger charge is 2.27. The molecule has 0 unspecified atom stereocenters. The average Bonchev–Trinajstić information content (AvgIpc) is 2.64. The van der Waals surface area contributed by atoms with Crippen LogP contribution in [0.5, 0.6) is 0 Å². The van der Waals surface area contributed by atoms with E-state index in [-0.39, 0.29) is 30.3 Å². The molecule has 2 rings (SSSR count). The molecule has 1 aliphatic rings. The molecular weight excluding hydrogens is 342 g/mol. The van der Waals surface area contributed by atoms with Crippen LogP contribution in [0.25, 0.3) is 0 Å². The fourth-order valence-corrected chi connectivity index (χ4v) is 3.27. The van der Waals surface area contributed by atoms with E-state index in [0.29, 0.717) is 30.5 Å². The normalized spacial score (nSPS) is 16.1. The van der Waals surface area contributed by atoms with Crippen molar-refractivity contribution in [2.75, 3.05) is 31.1 Å². The molecule has 27 heavy (non-hydrogen) atoms. The Balaban J connectivity index is 2.22. The van der Waals surface area contributed by atoms with Crippen molar-refractivity contribution in [3.63, 3.8) is 0 Å². The van der Waals surface area contributed by atoms with Gasteiger partial charge in [-0.25, -0.2) is 4.99 Å². The monoisotopic (exact) mass is 371 g/mol. The maximum absolute atomic E-state index is 12.4. The highest BCUT2D eigenvalue weighted by molar-refractivity contribution is 6.50. The Morgan fingerprint density at radius 2 is 1.78 bits per heavy atom. The second-order valence-corrected chi connectivity index (χ2v) is 6.75. The largest absolute Gasteiger partial charge is 0.395 e. The number of anilines is 1. The molecule has 0 bridgehead atoms. The van der Waals surface area contributed by atoms with Gasteiger partial charge in [0.1, 0.15) is 0 Å². The summed E-state index contributed by atoms with van der Waals surface area (Å²) >= 11 is 0. The van der Waals surface area contributed by atoms with Gasteiger partial charge >= 0.3 is 0 Å². The van der Waals surface area contributed by atoms with Crippen molar-refractivity contribution >= 4 is 28.7 Å². The molecule has 0 fully saturated rings. The molecule has 0 saturated carbocycles. The molecule has 0 spiro atoms. The molecule has 0 radical (unpaired) electrons. The number of aliphatic hydroxyl groups excluding tert-OH is 1. The molecular formula is C21H29N3O3. The van der Waals surface area contributed by atoms with Gasteiger partial charge in [-0.1, -0.05) is 0 Å². The lowest BCUT2D eigenvalue weighted by atomic mass is 9.98. The highest BCUT2D eigenvalue weighted by atomic mass is 16.3. The van der Waals surface area contributed by atoms with Gasteiger partial charge in [0.15, 0.2) is 5.78 Å². The van der Waals surface area contributed by atoms with E-state index in [1.165, 1.54) is 6.08 Å². The number of Topliss-reactive ketones (excluding diaryl/α,β-unsaturated/α-hetero) is 1. The van der Waals surface area contributed by atoms with E-state index < -0.39 is 0 Å². The predicted octanol–water partition coefficient (Wildman–Crippen LogP) is 2.73. The van der Waals surface area contributed by atoms with Crippen LogP contribution in [-0.2, 0) is 9.59 Å². The van der Waals surface area contributed by atoms with Crippen molar-refractivity contribution in [2.45, 2.75) is 40.2 Å². The smallest absolute Gasteiger partial charge is 0.202 e.